The predicted molar refractivity (Wildman–Crippen MR) is 71.4 cm³/mol. The molecule has 2 saturated heterocycles. The number of hydrogen-bond acceptors (Lipinski definition) is 3. The molecule has 0 saturated carbocycles. The molecule has 0 radical (unpaired) electrons. The Balaban J connectivity index is 1.71. The maximum absolute atomic E-state index is 12.0. The lowest BCUT2D eigenvalue weighted by Gasteiger charge is -2.29. The van der Waals surface area contributed by atoms with Crippen LogP contribution in [0.1, 0.15) is 46.0 Å². The smallest absolute Gasteiger partial charge is 0.220 e. The normalized spacial score (nSPS) is 36.6. The summed E-state index contributed by atoms with van der Waals surface area (Å²) in [6.07, 6.45) is 5.20. The van der Waals surface area contributed by atoms with E-state index in [4.69, 9.17) is 4.74 Å². The number of nitrogens with one attached hydrogen (secondary N) is 2. The molecular formula is C14H26N2O2. The highest BCUT2D eigenvalue weighted by Gasteiger charge is 2.38. The molecule has 104 valence electrons. The second-order valence-corrected chi connectivity index (χ2v) is 5.98. The average molecular weight is 254 g/mol. The van der Waals surface area contributed by atoms with E-state index in [2.05, 4.69) is 17.6 Å². The average Bonchev–Trinajstić information content (AvgIpc) is 2.68. The van der Waals surface area contributed by atoms with E-state index in [-0.39, 0.29) is 17.6 Å². The molecule has 0 bridgehead atoms. The summed E-state index contributed by atoms with van der Waals surface area (Å²) in [5.74, 6) is 0.856. The molecule has 2 heterocycles. The first kappa shape index (κ1) is 13.8. The van der Waals surface area contributed by atoms with E-state index in [0.717, 1.165) is 32.5 Å². The summed E-state index contributed by atoms with van der Waals surface area (Å²) in [5.41, 5.74) is -0.165. The molecular weight excluding hydrogens is 228 g/mol. The van der Waals surface area contributed by atoms with Crippen LogP contribution in [0.15, 0.2) is 0 Å². The maximum atomic E-state index is 12.0. The maximum Gasteiger partial charge on any atom is 0.220 e. The number of amides is 1. The van der Waals surface area contributed by atoms with Gasteiger partial charge in [-0.25, -0.2) is 0 Å². The minimum Gasteiger partial charge on any atom is -0.376 e. The third kappa shape index (κ3) is 3.45. The molecule has 0 aliphatic carbocycles. The quantitative estimate of drug-likeness (QED) is 0.798. The van der Waals surface area contributed by atoms with Gasteiger partial charge in [-0.1, -0.05) is 0 Å². The molecule has 0 aromatic heterocycles. The Bertz CT molecular complexity index is 290. The zero-order valence-corrected chi connectivity index (χ0v) is 11.6. The van der Waals surface area contributed by atoms with Gasteiger partial charge in [0.15, 0.2) is 0 Å². The van der Waals surface area contributed by atoms with Gasteiger partial charge in [-0.3, -0.25) is 4.79 Å². The number of hydrogen-bond donors (Lipinski definition) is 2. The van der Waals surface area contributed by atoms with Crippen molar-refractivity contribution in [1.82, 2.24) is 10.6 Å². The molecule has 2 N–H and O–H groups in total. The van der Waals surface area contributed by atoms with Crippen molar-refractivity contribution in [1.29, 1.82) is 0 Å². The number of rotatable bonds is 4. The SMILES string of the molecule is CC1OCCC1(C)NC(=O)CCC1CCCNC1. The molecule has 2 aliphatic heterocycles. The molecule has 2 aliphatic rings. The number of piperidine rings is 1. The molecule has 4 heteroatoms. The van der Waals surface area contributed by atoms with Gasteiger partial charge in [0.05, 0.1) is 11.6 Å². The lowest BCUT2D eigenvalue weighted by Crippen LogP contribution is -2.50. The minimum absolute atomic E-state index is 0.123. The number of carbonyl (C=O) groups excluding carboxylic acids is 1. The van der Waals surface area contributed by atoms with Crippen molar-refractivity contribution in [2.75, 3.05) is 19.7 Å². The standard InChI is InChI=1S/C14H26N2O2/c1-11-14(2,7-9-18-11)16-13(17)6-5-12-4-3-8-15-10-12/h11-12,15H,3-10H2,1-2H3,(H,16,17). The van der Waals surface area contributed by atoms with Crippen molar-refractivity contribution in [3.05, 3.63) is 0 Å². The summed E-state index contributed by atoms with van der Waals surface area (Å²) in [7, 11) is 0. The molecule has 18 heavy (non-hydrogen) atoms. The summed E-state index contributed by atoms with van der Waals surface area (Å²) in [4.78, 5) is 12.0. The van der Waals surface area contributed by atoms with Gasteiger partial charge in [0, 0.05) is 13.0 Å². The van der Waals surface area contributed by atoms with Crippen LogP contribution in [0.25, 0.3) is 0 Å². The Morgan fingerprint density at radius 2 is 2.39 bits per heavy atom. The summed E-state index contributed by atoms with van der Waals surface area (Å²) in [6, 6.07) is 0. The number of ether oxygens (including phenoxy) is 1. The lowest BCUT2D eigenvalue weighted by atomic mass is 9.92. The van der Waals surface area contributed by atoms with Crippen molar-refractivity contribution in [2.24, 2.45) is 5.92 Å². The third-order valence-corrected chi connectivity index (χ3v) is 4.49. The van der Waals surface area contributed by atoms with Gasteiger partial charge in [-0.15, -0.1) is 0 Å². The van der Waals surface area contributed by atoms with Gasteiger partial charge >= 0.3 is 0 Å². The van der Waals surface area contributed by atoms with Crippen molar-refractivity contribution in [2.45, 2.75) is 57.6 Å². The number of carbonyl (C=O) groups is 1. The fourth-order valence-electron chi connectivity index (χ4n) is 2.89. The molecule has 1 amide bonds. The van der Waals surface area contributed by atoms with Gasteiger partial charge < -0.3 is 15.4 Å². The van der Waals surface area contributed by atoms with E-state index in [1.807, 2.05) is 6.92 Å². The van der Waals surface area contributed by atoms with Crippen LogP contribution in [0.4, 0.5) is 0 Å². The molecule has 0 aromatic carbocycles. The zero-order valence-electron chi connectivity index (χ0n) is 11.6. The first-order valence-electron chi connectivity index (χ1n) is 7.23. The van der Waals surface area contributed by atoms with Crippen LogP contribution in [0, 0.1) is 5.92 Å². The molecule has 2 rings (SSSR count). The Labute approximate surface area is 110 Å². The Kier molecular flexibility index (Phi) is 4.62. The van der Waals surface area contributed by atoms with E-state index < -0.39 is 0 Å². The van der Waals surface area contributed by atoms with Gasteiger partial charge in [0.1, 0.15) is 0 Å². The van der Waals surface area contributed by atoms with Crippen molar-refractivity contribution in [3.8, 4) is 0 Å². The van der Waals surface area contributed by atoms with Crippen LogP contribution in [-0.2, 0) is 9.53 Å². The fourth-order valence-corrected chi connectivity index (χ4v) is 2.89. The van der Waals surface area contributed by atoms with Crippen LogP contribution in [0.5, 0.6) is 0 Å². The largest absolute Gasteiger partial charge is 0.376 e. The second-order valence-electron chi connectivity index (χ2n) is 5.98. The van der Waals surface area contributed by atoms with Crippen LogP contribution in [0.2, 0.25) is 0 Å². The van der Waals surface area contributed by atoms with Crippen molar-refractivity contribution >= 4 is 5.91 Å². The summed E-state index contributed by atoms with van der Waals surface area (Å²) in [6.45, 7) is 7.09. The van der Waals surface area contributed by atoms with E-state index in [0.29, 0.717) is 12.3 Å². The van der Waals surface area contributed by atoms with Gasteiger partial charge in [-0.05, 0) is 58.5 Å². The second kappa shape index (κ2) is 6.02. The van der Waals surface area contributed by atoms with Crippen molar-refractivity contribution < 1.29 is 9.53 Å². The third-order valence-electron chi connectivity index (χ3n) is 4.49. The minimum atomic E-state index is -0.165. The molecule has 2 fully saturated rings. The van der Waals surface area contributed by atoms with E-state index in [1.165, 1.54) is 12.8 Å². The highest BCUT2D eigenvalue weighted by molar-refractivity contribution is 5.76. The predicted octanol–water partition coefficient (Wildman–Crippen LogP) is 1.45. The topological polar surface area (TPSA) is 50.4 Å². The van der Waals surface area contributed by atoms with Crippen LogP contribution < -0.4 is 10.6 Å². The first-order chi connectivity index (χ1) is 8.60. The summed E-state index contributed by atoms with van der Waals surface area (Å²) in [5, 5.41) is 6.55. The molecule has 0 spiro atoms. The van der Waals surface area contributed by atoms with E-state index in [9.17, 15) is 4.79 Å². The molecule has 3 unspecified atom stereocenters. The first-order valence-corrected chi connectivity index (χ1v) is 7.23. The van der Waals surface area contributed by atoms with Crippen LogP contribution >= 0.6 is 0 Å². The Morgan fingerprint density at radius 3 is 3.00 bits per heavy atom. The Morgan fingerprint density at radius 1 is 1.56 bits per heavy atom. The molecule has 4 nitrogen and oxygen atoms in total. The van der Waals surface area contributed by atoms with Crippen LogP contribution in [-0.4, -0.2) is 37.2 Å². The van der Waals surface area contributed by atoms with Crippen molar-refractivity contribution in [3.63, 3.8) is 0 Å². The highest BCUT2D eigenvalue weighted by Crippen LogP contribution is 2.25. The van der Waals surface area contributed by atoms with Gasteiger partial charge in [0.25, 0.3) is 0 Å². The van der Waals surface area contributed by atoms with Crippen LogP contribution in [0.3, 0.4) is 0 Å². The monoisotopic (exact) mass is 254 g/mol. The van der Waals surface area contributed by atoms with Gasteiger partial charge in [0.2, 0.25) is 5.91 Å². The summed E-state index contributed by atoms with van der Waals surface area (Å²) >= 11 is 0. The molecule has 3 atom stereocenters. The fraction of sp³-hybridized carbons (Fsp3) is 0.929. The summed E-state index contributed by atoms with van der Waals surface area (Å²) < 4.78 is 5.54. The zero-order chi connectivity index (χ0) is 13.0. The Hall–Kier alpha value is -0.610. The highest BCUT2D eigenvalue weighted by atomic mass is 16.5. The van der Waals surface area contributed by atoms with Gasteiger partial charge in [-0.2, -0.15) is 0 Å². The van der Waals surface area contributed by atoms with E-state index >= 15 is 0 Å². The molecule has 0 aromatic rings. The van der Waals surface area contributed by atoms with E-state index in [1.54, 1.807) is 0 Å². The lowest BCUT2D eigenvalue weighted by molar-refractivity contribution is -0.123.